The molecule has 1 aromatic rings. The van der Waals surface area contributed by atoms with E-state index in [4.69, 9.17) is 5.11 Å². The molecule has 0 saturated heterocycles. The minimum atomic E-state index is -1.13. The molecule has 5 nitrogen and oxygen atoms in total. The summed E-state index contributed by atoms with van der Waals surface area (Å²) in [5.41, 5.74) is 0.169. The topological polar surface area (TPSA) is 79.3 Å². The van der Waals surface area contributed by atoms with Gasteiger partial charge in [0.15, 0.2) is 5.69 Å². The maximum Gasteiger partial charge on any atom is 0.356 e. The smallest absolute Gasteiger partial charge is 0.356 e. The van der Waals surface area contributed by atoms with Crippen LogP contribution >= 0.6 is 0 Å². The Morgan fingerprint density at radius 1 is 1.28 bits per heavy atom. The Morgan fingerprint density at radius 3 is 2.67 bits per heavy atom. The van der Waals surface area contributed by atoms with Gasteiger partial charge in [0.2, 0.25) is 5.91 Å². The van der Waals surface area contributed by atoms with E-state index in [1.165, 1.54) is 12.6 Å². The number of nitrogens with one attached hydrogen (secondary N) is 1. The number of aromatic carboxylic acids is 1. The van der Waals surface area contributed by atoms with Crippen LogP contribution < -0.4 is 5.32 Å². The molecule has 0 aliphatic heterocycles. The van der Waals surface area contributed by atoms with Gasteiger partial charge >= 0.3 is 5.97 Å². The van der Waals surface area contributed by atoms with Crippen LogP contribution in [0.3, 0.4) is 0 Å². The predicted octanol–water partition coefficient (Wildman–Crippen LogP) is 2.30. The molecule has 5 heteroatoms. The van der Waals surface area contributed by atoms with E-state index in [-0.39, 0.29) is 23.2 Å². The number of rotatable bonds is 3. The molecule has 1 aromatic heterocycles. The Kier molecular flexibility index (Phi) is 3.92. The van der Waals surface area contributed by atoms with E-state index < -0.39 is 5.97 Å². The van der Waals surface area contributed by atoms with Crippen LogP contribution in [-0.2, 0) is 4.79 Å². The fourth-order valence-electron chi connectivity index (χ4n) is 2.28. The summed E-state index contributed by atoms with van der Waals surface area (Å²) in [4.78, 5) is 26.7. The highest BCUT2D eigenvalue weighted by Crippen LogP contribution is 2.25. The number of carbonyl (C=O) groups is 2. The molecule has 1 heterocycles. The number of nitrogens with zero attached hydrogens (tertiary/aromatic N) is 1. The molecule has 18 heavy (non-hydrogen) atoms. The number of carbonyl (C=O) groups excluding carboxylic acids is 1. The molecule has 0 bridgehead atoms. The van der Waals surface area contributed by atoms with Gasteiger partial charge in [-0.15, -0.1) is 0 Å². The molecule has 1 aliphatic carbocycles. The number of amides is 1. The van der Waals surface area contributed by atoms with Crippen molar-refractivity contribution in [3.63, 3.8) is 0 Å². The predicted molar refractivity (Wildman–Crippen MR) is 66.4 cm³/mol. The second-order valence-electron chi connectivity index (χ2n) is 4.53. The number of hydrogen-bond donors (Lipinski definition) is 2. The molecule has 1 amide bonds. The van der Waals surface area contributed by atoms with Crippen molar-refractivity contribution < 1.29 is 14.7 Å². The normalized spacial score (nSPS) is 16.2. The molecule has 1 saturated carbocycles. The average Bonchev–Trinajstić information content (AvgIpc) is 2.40. The molecule has 2 rings (SSSR count). The van der Waals surface area contributed by atoms with Gasteiger partial charge in [0.05, 0.1) is 5.69 Å². The van der Waals surface area contributed by atoms with E-state index in [2.05, 4.69) is 10.3 Å². The summed E-state index contributed by atoms with van der Waals surface area (Å²) in [7, 11) is 0. The number of carboxylic acids is 1. The van der Waals surface area contributed by atoms with E-state index in [0.29, 0.717) is 0 Å². The van der Waals surface area contributed by atoms with Crippen molar-refractivity contribution in [2.24, 2.45) is 5.92 Å². The zero-order valence-electron chi connectivity index (χ0n) is 10.1. The van der Waals surface area contributed by atoms with Crippen LogP contribution in [0.15, 0.2) is 18.3 Å². The summed E-state index contributed by atoms with van der Waals surface area (Å²) < 4.78 is 0. The molecule has 0 unspecified atom stereocenters. The lowest BCUT2D eigenvalue weighted by atomic mass is 9.88. The van der Waals surface area contributed by atoms with E-state index in [1.54, 1.807) is 12.1 Å². The molecular weight excluding hydrogens is 232 g/mol. The number of aromatic nitrogens is 1. The zero-order valence-corrected chi connectivity index (χ0v) is 10.1. The van der Waals surface area contributed by atoms with Crippen LogP contribution in [0.2, 0.25) is 0 Å². The van der Waals surface area contributed by atoms with Crippen molar-refractivity contribution in [3.8, 4) is 0 Å². The fourth-order valence-corrected chi connectivity index (χ4v) is 2.28. The van der Waals surface area contributed by atoms with E-state index in [0.717, 1.165) is 25.7 Å². The lowest BCUT2D eigenvalue weighted by Crippen LogP contribution is -2.25. The molecule has 0 atom stereocenters. The molecule has 0 radical (unpaired) electrons. The first-order chi connectivity index (χ1) is 8.68. The minimum Gasteiger partial charge on any atom is -0.476 e. The Balaban J connectivity index is 2.08. The van der Waals surface area contributed by atoms with Crippen LogP contribution in [0.5, 0.6) is 0 Å². The monoisotopic (exact) mass is 248 g/mol. The van der Waals surface area contributed by atoms with Gasteiger partial charge in [0.1, 0.15) is 0 Å². The van der Waals surface area contributed by atoms with Crippen molar-refractivity contribution in [1.29, 1.82) is 0 Å². The zero-order chi connectivity index (χ0) is 13.0. The maximum absolute atomic E-state index is 12.0. The van der Waals surface area contributed by atoms with Gasteiger partial charge in [0.25, 0.3) is 0 Å². The van der Waals surface area contributed by atoms with E-state index in [9.17, 15) is 9.59 Å². The van der Waals surface area contributed by atoms with Gasteiger partial charge in [-0.1, -0.05) is 19.3 Å². The van der Waals surface area contributed by atoms with Crippen LogP contribution in [-0.4, -0.2) is 22.0 Å². The Hall–Kier alpha value is -1.91. The average molecular weight is 248 g/mol. The van der Waals surface area contributed by atoms with Gasteiger partial charge < -0.3 is 10.4 Å². The molecule has 96 valence electrons. The highest BCUT2D eigenvalue weighted by atomic mass is 16.4. The second kappa shape index (κ2) is 5.62. The largest absolute Gasteiger partial charge is 0.476 e. The summed E-state index contributed by atoms with van der Waals surface area (Å²) in [6, 6.07) is 3.18. The van der Waals surface area contributed by atoms with Crippen LogP contribution in [0, 0.1) is 5.92 Å². The number of anilines is 1. The van der Waals surface area contributed by atoms with Crippen molar-refractivity contribution >= 4 is 17.6 Å². The maximum atomic E-state index is 12.0. The molecule has 1 fully saturated rings. The third-order valence-electron chi connectivity index (χ3n) is 3.24. The summed E-state index contributed by atoms with van der Waals surface area (Å²) >= 11 is 0. The molecule has 0 aromatic carbocycles. The van der Waals surface area contributed by atoms with Crippen molar-refractivity contribution in [2.45, 2.75) is 32.1 Å². The molecule has 2 N–H and O–H groups in total. The second-order valence-corrected chi connectivity index (χ2v) is 4.53. The number of pyridine rings is 1. The van der Waals surface area contributed by atoms with Gasteiger partial charge in [0, 0.05) is 12.1 Å². The van der Waals surface area contributed by atoms with Gasteiger partial charge in [-0.05, 0) is 25.0 Å². The van der Waals surface area contributed by atoms with Gasteiger partial charge in [-0.25, -0.2) is 9.78 Å². The first-order valence-corrected chi connectivity index (χ1v) is 6.17. The van der Waals surface area contributed by atoms with Crippen LogP contribution in [0.25, 0.3) is 0 Å². The van der Waals surface area contributed by atoms with Crippen molar-refractivity contribution in [3.05, 3.63) is 24.0 Å². The molecular formula is C13H16N2O3. The molecule has 0 spiro atoms. The fraction of sp³-hybridized carbons (Fsp3) is 0.462. The highest BCUT2D eigenvalue weighted by Gasteiger charge is 2.22. The number of hydrogen-bond acceptors (Lipinski definition) is 3. The van der Waals surface area contributed by atoms with E-state index >= 15 is 0 Å². The van der Waals surface area contributed by atoms with Crippen LogP contribution in [0.4, 0.5) is 5.69 Å². The number of carboxylic acid groups (broad SMARTS) is 1. The first-order valence-electron chi connectivity index (χ1n) is 6.17. The summed E-state index contributed by atoms with van der Waals surface area (Å²) in [6.07, 6.45) is 6.48. The lowest BCUT2D eigenvalue weighted by molar-refractivity contribution is -0.120. The third-order valence-corrected chi connectivity index (χ3v) is 3.24. The third kappa shape index (κ3) is 2.85. The van der Waals surface area contributed by atoms with Gasteiger partial charge in [-0.3, -0.25) is 4.79 Å². The van der Waals surface area contributed by atoms with Crippen LogP contribution in [0.1, 0.15) is 42.6 Å². The summed E-state index contributed by atoms with van der Waals surface area (Å²) in [5, 5.41) is 11.7. The van der Waals surface area contributed by atoms with Crippen molar-refractivity contribution in [2.75, 3.05) is 5.32 Å². The Bertz CT molecular complexity index is 453. The SMILES string of the molecule is O=C(O)c1ncccc1NC(=O)C1CCCCC1. The quantitative estimate of drug-likeness (QED) is 0.860. The molecule has 1 aliphatic rings. The summed E-state index contributed by atoms with van der Waals surface area (Å²) in [6.45, 7) is 0. The standard InChI is InChI=1S/C13H16N2O3/c16-12(9-5-2-1-3-6-9)15-10-7-4-8-14-11(10)13(17)18/h4,7-9H,1-3,5-6H2,(H,15,16)(H,17,18). The highest BCUT2D eigenvalue weighted by molar-refractivity contribution is 5.99. The Labute approximate surface area is 105 Å². The lowest BCUT2D eigenvalue weighted by Gasteiger charge is -2.20. The summed E-state index contributed by atoms with van der Waals surface area (Å²) in [5.74, 6) is -1.22. The van der Waals surface area contributed by atoms with Gasteiger partial charge in [-0.2, -0.15) is 0 Å². The minimum absolute atomic E-state index is 0.000557. The Morgan fingerprint density at radius 2 is 2.00 bits per heavy atom. The van der Waals surface area contributed by atoms with E-state index in [1.807, 2.05) is 0 Å². The van der Waals surface area contributed by atoms with Crippen molar-refractivity contribution in [1.82, 2.24) is 4.98 Å². The first kappa shape index (κ1) is 12.5.